The number of nitrogens with one attached hydrogen (secondary N) is 2. The minimum atomic E-state index is 0.371. The summed E-state index contributed by atoms with van der Waals surface area (Å²) in [5.41, 5.74) is 7.26. The summed E-state index contributed by atoms with van der Waals surface area (Å²) < 4.78 is 5.74. The molecule has 0 radical (unpaired) electrons. The van der Waals surface area contributed by atoms with Gasteiger partial charge in [-0.05, 0) is 25.1 Å². The number of aromatic nitrogens is 1. The summed E-state index contributed by atoms with van der Waals surface area (Å²) in [6.45, 7) is 1.44. The van der Waals surface area contributed by atoms with Crippen LogP contribution in [0.3, 0.4) is 0 Å². The molecule has 7 heteroatoms. The molecule has 4 N–H and O–H groups in total. The third kappa shape index (κ3) is 4.61. The van der Waals surface area contributed by atoms with Gasteiger partial charge in [-0.2, -0.15) is 5.26 Å². The molecule has 120 valence electrons. The van der Waals surface area contributed by atoms with Crippen LogP contribution in [-0.4, -0.2) is 25.4 Å². The van der Waals surface area contributed by atoms with E-state index in [0.29, 0.717) is 34.3 Å². The predicted molar refractivity (Wildman–Crippen MR) is 90.7 cm³/mol. The number of rotatable bonds is 4. The van der Waals surface area contributed by atoms with Gasteiger partial charge in [-0.15, -0.1) is 0 Å². The number of nitrogens with zero attached hydrogens (tertiary/aromatic N) is 2. The van der Waals surface area contributed by atoms with Crippen LogP contribution in [0.25, 0.3) is 0 Å². The van der Waals surface area contributed by atoms with Gasteiger partial charge in [0.15, 0.2) is 0 Å². The Morgan fingerprint density at radius 1 is 1.30 bits per heavy atom. The molecule has 0 aliphatic carbocycles. The fourth-order valence-corrected chi connectivity index (χ4v) is 1.80. The zero-order valence-corrected chi connectivity index (χ0v) is 13.3. The summed E-state index contributed by atoms with van der Waals surface area (Å²) in [4.78, 5) is 12.9. The van der Waals surface area contributed by atoms with Crippen LogP contribution in [0.2, 0.25) is 0 Å². The van der Waals surface area contributed by atoms with E-state index in [9.17, 15) is 5.26 Å². The van der Waals surface area contributed by atoms with Crippen LogP contribution in [0.4, 0.5) is 17.2 Å². The highest BCUT2D eigenvalue weighted by molar-refractivity contribution is 5.77. The standard InChI is InChI=1S/C14H15N5O.C2H4O/c1-17-13-7-9(5-6-19-13)20-12-4-3-11(16)14(18-2)10(12)8-15;1-2-3/h3-7,18H,16H2,1-2H3,(H,17,19);2H,1H3. The third-order valence-corrected chi connectivity index (χ3v) is 2.78. The minimum absolute atomic E-state index is 0.371. The van der Waals surface area contributed by atoms with Crippen LogP contribution in [-0.2, 0) is 4.79 Å². The number of carbonyl (C=O) groups is 1. The van der Waals surface area contributed by atoms with Gasteiger partial charge in [-0.1, -0.05) is 0 Å². The zero-order valence-electron chi connectivity index (χ0n) is 13.3. The van der Waals surface area contributed by atoms with E-state index in [2.05, 4.69) is 21.7 Å². The van der Waals surface area contributed by atoms with Crippen molar-refractivity contribution in [1.29, 1.82) is 5.26 Å². The molecule has 0 saturated carbocycles. The monoisotopic (exact) mass is 313 g/mol. The van der Waals surface area contributed by atoms with Crippen molar-refractivity contribution in [3.8, 4) is 17.6 Å². The number of hydrogen-bond donors (Lipinski definition) is 3. The second-order valence-corrected chi connectivity index (χ2v) is 4.23. The highest BCUT2D eigenvalue weighted by Gasteiger charge is 2.12. The SMILES string of the molecule is CC=O.CNc1cc(Oc2ccc(N)c(NC)c2C#N)ccn1. The molecule has 7 nitrogen and oxygen atoms in total. The number of anilines is 3. The molecule has 1 heterocycles. The van der Waals surface area contributed by atoms with Crippen LogP contribution in [0.5, 0.6) is 11.5 Å². The maximum absolute atomic E-state index is 9.28. The Bertz CT molecular complexity index is 710. The van der Waals surface area contributed by atoms with Gasteiger partial charge in [0.2, 0.25) is 0 Å². The Hall–Kier alpha value is -3.27. The average molecular weight is 313 g/mol. The number of nitriles is 1. The molecule has 0 unspecified atom stereocenters. The van der Waals surface area contributed by atoms with Gasteiger partial charge < -0.3 is 25.9 Å². The topological polar surface area (TPSA) is 113 Å². The lowest BCUT2D eigenvalue weighted by Gasteiger charge is -2.13. The number of aldehydes is 1. The molecular weight excluding hydrogens is 294 g/mol. The van der Waals surface area contributed by atoms with Gasteiger partial charge >= 0.3 is 0 Å². The third-order valence-electron chi connectivity index (χ3n) is 2.78. The molecule has 0 atom stereocenters. The van der Waals surface area contributed by atoms with Gasteiger partial charge in [-0.25, -0.2) is 4.98 Å². The predicted octanol–water partition coefficient (Wildman–Crippen LogP) is 2.62. The summed E-state index contributed by atoms with van der Waals surface area (Å²) in [6.07, 6.45) is 2.38. The highest BCUT2D eigenvalue weighted by Crippen LogP contribution is 2.34. The van der Waals surface area contributed by atoms with Gasteiger partial charge in [0, 0.05) is 26.4 Å². The molecule has 2 aromatic rings. The molecule has 1 aromatic carbocycles. The van der Waals surface area contributed by atoms with E-state index in [1.807, 2.05) is 0 Å². The van der Waals surface area contributed by atoms with E-state index < -0.39 is 0 Å². The quantitative estimate of drug-likeness (QED) is 0.587. The number of ether oxygens (including phenoxy) is 1. The van der Waals surface area contributed by atoms with Gasteiger partial charge in [0.1, 0.15) is 35.2 Å². The molecule has 0 amide bonds. The van der Waals surface area contributed by atoms with Crippen molar-refractivity contribution in [1.82, 2.24) is 4.98 Å². The van der Waals surface area contributed by atoms with Crippen LogP contribution in [0.1, 0.15) is 12.5 Å². The van der Waals surface area contributed by atoms with Gasteiger partial charge in [0.05, 0.1) is 11.4 Å². The van der Waals surface area contributed by atoms with Crippen LogP contribution in [0.15, 0.2) is 30.5 Å². The summed E-state index contributed by atoms with van der Waals surface area (Å²) in [6, 6.07) is 8.94. The lowest BCUT2D eigenvalue weighted by molar-refractivity contribution is -0.106. The largest absolute Gasteiger partial charge is 0.456 e. The van der Waals surface area contributed by atoms with Crippen molar-refractivity contribution in [2.45, 2.75) is 6.92 Å². The Morgan fingerprint density at radius 3 is 2.57 bits per heavy atom. The van der Waals surface area contributed by atoms with E-state index in [1.54, 1.807) is 44.6 Å². The smallest absolute Gasteiger partial charge is 0.147 e. The summed E-state index contributed by atoms with van der Waals surface area (Å²) >= 11 is 0. The van der Waals surface area contributed by atoms with Crippen LogP contribution < -0.4 is 21.1 Å². The zero-order chi connectivity index (χ0) is 17.2. The first-order valence-electron chi connectivity index (χ1n) is 6.83. The Balaban J connectivity index is 0.000000816. The maximum atomic E-state index is 9.28. The molecule has 0 spiro atoms. The lowest BCUT2D eigenvalue weighted by Crippen LogP contribution is -2.01. The lowest BCUT2D eigenvalue weighted by atomic mass is 10.1. The molecule has 0 bridgehead atoms. The number of hydrogen-bond acceptors (Lipinski definition) is 7. The molecular formula is C16H19N5O2. The fourth-order valence-electron chi connectivity index (χ4n) is 1.80. The van der Waals surface area contributed by atoms with Gasteiger partial charge in [-0.3, -0.25) is 0 Å². The van der Waals surface area contributed by atoms with Crippen LogP contribution >= 0.6 is 0 Å². The molecule has 1 aromatic heterocycles. The van der Waals surface area contributed by atoms with Crippen molar-refractivity contribution in [2.75, 3.05) is 30.5 Å². The molecule has 0 saturated heterocycles. The average Bonchev–Trinajstić information content (AvgIpc) is 2.57. The van der Waals surface area contributed by atoms with E-state index in [-0.39, 0.29) is 0 Å². The first kappa shape index (κ1) is 17.8. The number of pyridine rings is 1. The molecule has 2 rings (SSSR count). The Kier molecular flexibility index (Phi) is 6.88. The number of benzene rings is 1. The normalized spacial score (nSPS) is 8.96. The first-order chi connectivity index (χ1) is 11.1. The molecule has 23 heavy (non-hydrogen) atoms. The van der Waals surface area contributed by atoms with E-state index >= 15 is 0 Å². The van der Waals surface area contributed by atoms with E-state index in [0.717, 1.165) is 6.29 Å². The van der Waals surface area contributed by atoms with Crippen molar-refractivity contribution < 1.29 is 9.53 Å². The maximum Gasteiger partial charge on any atom is 0.147 e. The second-order valence-electron chi connectivity index (χ2n) is 4.23. The van der Waals surface area contributed by atoms with Gasteiger partial charge in [0.25, 0.3) is 0 Å². The van der Waals surface area contributed by atoms with Crippen molar-refractivity contribution in [3.63, 3.8) is 0 Å². The van der Waals surface area contributed by atoms with Crippen molar-refractivity contribution in [2.24, 2.45) is 0 Å². The molecule has 0 aliphatic rings. The Labute approximate surface area is 135 Å². The summed E-state index contributed by atoms with van der Waals surface area (Å²) in [5.74, 6) is 1.72. The minimum Gasteiger partial charge on any atom is -0.456 e. The fraction of sp³-hybridized carbons (Fsp3) is 0.188. The van der Waals surface area contributed by atoms with E-state index in [4.69, 9.17) is 15.3 Å². The van der Waals surface area contributed by atoms with Crippen molar-refractivity contribution >= 4 is 23.5 Å². The van der Waals surface area contributed by atoms with E-state index in [1.165, 1.54) is 6.92 Å². The van der Waals surface area contributed by atoms with Crippen molar-refractivity contribution in [3.05, 3.63) is 36.0 Å². The number of nitrogens with two attached hydrogens (primary N) is 1. The molecule has 0 aliphatic heterocycles. The number of carbonyl (C=O) groups excluding carboxylic acids is 1. The molecule has 0 fully saturated rings. The number of nitrogen functional groups attached to an aromatic ring is 1. The second kappa shape index (κ2) is 8.89. The highest BCUT2D eigenvalue weighted by atomic mass is 16.5. The van der Waals surface area contributed by atoms with Crippen LogP contribution in [0, 0.1) is 11.3 Å². The summed E-state index contributed by atoms with van der Waals surface area (Å²) in [5, 5.41) is 15.1. The first-order valence-corrected chi connectivity index (χ1v) is 6.83. The Morgan fingerprint density at radius 2 is 2.00 bits per heavy atom. The summed E-state index contributed by atoms with van der Waals surface area (Å²) in [7, 11) is 3.48.